The molecule has 0 aromatic carbocycles. The molecule has 3 N–H and O–H groups in total. The van der Waals surface area contributed by atoms with E-state index in [4.69, 9.17) is 5.73 Å². The maximum atomic E-state index is 12.2. The predicted octanol–water partition coefficient (Wildman–Crippen LogP) is 0.858. The number of nitrogen functional groups attached to an aromatic ring is 1. The van der Waals surface area contributed by atoms with Crippen LogP contribution in [0.1, 0.15) is 37.3 Å². The molecule has 0 fully saturated rings. The molecule has 0 saturated heterocycles. The molecule has 1 aromatic heterocycles. The van der Waals surface area contributed by atoms with Crippen molar-refractivity contribution in [3.63, 3.8) is 0 Å². The zero-order valence-electron chi connectivity index (χ0n) is 12.1. The van der Waals surface area contributed by atoms with E-state index >= 15 is 0 Å². The molecule has 1 unspecified atom stereocenters. The number of nitrogens with zero attached hydrogens (tertiary/aromatic N) is 2. The second-order valence-corrected chi connectivity index (χ2v) is 5.09. The highest BCUT2D eigenvalue weighted by Gasteiger charge is 2.21. The van der Waals surface area contributed by atoms with Crippen molar-refractivity contribution >= 4 is 17.5 Å². The smallest absolute Gasteiger partial charge is 0.268 e. The fraction of sp³-hybridized carbons (Fsp3) is 0.538. The van der Waals surface area contributed by atoms with Gasteiger partial charge in [0.05, 0.1) is 5.69 Å². The van der Waals surface area contributed by atoms with Crippen molar-refractivity contribution in [3.05, 3.63) is 18.0 Å². The zero-order chi connectivity index (χ0) is 14.7. The Morgan fingerprint density at radius 3 is 2.37 bits per heavy atom. The van der Waals surface area contributed by atoms with E-state index in [1.54, 1.807) is 37.8 Å². The van der Waals surface area contributed by atoms with Gasteiger partial charge in [0.1, 0.15) is 11.7 Å². The Bertz CT molecular complexity index is 477. The fourth-order valence-electron chi connectivity index (χ4n) is 1.83. The van der Waals surface area contributed by atoms with Crippen LogP contribution in [0.4, 0.5) is 5.69 Å². The van der Waals surface area contributed by atoms with Gasteiger partial charge in [-0.2, -0.15) is 0 Å². The normalized spacial score (nSPS) is 12.3. The molecule has 1 aromatic rings. The molecule has 6 heteroatoms. The lowest BCUT2D eigenvalue weighted by molar-refractivity contribution is -0.130. The second kappa shape index (κ2) is 5.77. The Balaban J connectivity index is 2.87. The molecule has 1 atom stereocenters. The van der Waals surface area contributed by atoms with Crippen LogP contribution < -0.4 is 11.1 Å². The topological polar surface area (TPSA) is 80.4 Å². The maximum absolute atomic E-state index is 12.2. The van der Waals surface area contributed by atoms with Crippen LogP contribution in [0.25, 0.3) is 0 Å². The van der Waals surface area contributed by atoms with Crippen molar-refractivity contribution in [1.82, 2.24) is 14.8 Å². The van der Waals surface area contributed by atoms with E-state index in [0.29, 0.717) is 11.4 Å². The third-order valence-corrected chi connectivity index (χ3v) is 2.82. The number of amides is 2. The third kappa shape index (κ3) is 3.49. The molecule has 0 aliphatic rings. The quantitative estimate of drug-likeness (QED) is 0.848. The van der Waals surface area contributed by atoms with Crippen LogP contribution in [-0.2, 0) is 4.79 Å². The van der Waals surface area contributed by atoms with Gasteiger partial charge in [0, 0.05) is 26.3 Å². The number of hydrogen-bond acceptors (Lipinski definition) is 3. The van der Waals surface area contributed by atoms with E-state index in [-0.39, 0.29) is 17.9 Å². The molecule has 0 spiro atoms. The molecule has 106 valence electrons. The van der Waals surface area contributed by atoms with Gasteiger partial charge in [-0.15, -0.1) is 0 Å². The number of carbonyl (C=O) groups is 2. The van der Waals surface area contributed by atoms with Gasteiger partial charge in [-0.1, -0.05) is 0 Å². The van der Waals surface area contributed by atoms with Crippen LogP contribution in [-0.4, -0.2) is 41.4 Å². The van der Waals surface area contributed by atoms with Crippen LogP contribution in [0, 0.1) is 0 Å². The first-order valence-electron chi connectivity index (χ1n) is 6.23. The number of aromatic nitrogens is 1. The van der Waals surface area contributed by atoms with Crippen LogP contribution in [0.3, 0.4) is 0 Å². The first-order chi connectivity index (χ1) is 8.73. The predicted molar refractivity (Wildman–Crippen MR) is 74.9 cm³/mol. The first kappa shape index (κ1) is 15.1. The van der Waals surface area contributed by atoms with E-state index in [1.165, 1.54) is 4.90 Å². The van der Waals surface area contributed by atoms with Gasteiger partial charge in [0.15, 0.2) is 0 Å². The van der Waals surface area contributed by atoms with Crippen LogP contribution in [0.15, 0.2) is 12.3 Å². The largest absolute Gasteiger partial charge is 0.397 e. The number of nitrogens with one attached hydrogen (secondary N) is 1. The summed E-state index contributed by atoms with van der Waals surface area (Å²) in [5.74, 6) is -0.447. The molecule has 0 saturated carbocycles. The van der Waals surface area contributed by atoms with Crippen molar-refractivity contribution in [3.8, 4) is 0 Å². The molecule has 2 amide bonds. The van der Waals surface area contributed by atoms with Crippen molar-refractivity contribution < 1.29 is 9.59 Å². The summed E-state index contributed by atoms with van der Waals surface area (Å²) in [6, 6.07) is 1.17. The minimum Gasteiger partial charge on any atom is -0.397 e. The van der Waals surface area contributed by atoms with E-state index in [9.17, 15) is 9.59 Å². The van der Waals surface area contributed by atoms with Crippen molar-refractivity contribution in [2.24, 2.45) is 0 Å². The summed E-state index contributed by atoms with van der Waals surface area (Å²) in [6.07, 6.45) is 1.72. The number of rotatable bonds is 4. The van der Waals surface area contributed by atoms with Gasteiger partial charge in [-0.05, 0) is 26.8 Å². The van der Waals surface area contributed by atoms with E-state index < -0.39 is 6.04 Å². The Morgan fingerprint density at radius 1 is 1.32 bits per heavy atom. The van der Waals surface area contributed by atoms with Crippen molar-refractivity contribution in [2.45, 2.75) is 32.9 Å². The zero-order valence-corrected chi connectivity index (χ0v) is 12.1. The van der Waals surface area contributed by atoms with Gasteiger partial charge in [0.2, 0.25) is 5.91 Å². The van der Waals surface area contributed by atoms with Crippen molar-refractivity contribution in [2.75, 3.05) is 19.8 Å². The number of nitrogens with two attached hydrogens (primary N) is 1. The highest BCUT2D eigenvalue weighted by atomic mass is 16.2. The molecule has 0 radical (unpaired) electrons. The number of likely N-dealkylation sites (N-methyl/N-ethyl adjacent to an activating group) is 1. The molecule has 1 heterocycles. The fourth-order valence-corrected chi connectivity index (χ4v) is 1.83. The first-order valence-corrected chi connectivity index (χ1v) is 6.23. The number of carbonyl (C=O) groups excluding carboxylic acids is 2. The minimum absolute atomic E-state index is 0.123. The van der Waals surface area contributed by atoms with E-state index in [0.717, 1.165) is 0 Å². The average Bonchev–Trinajstić information content (AvgIpc) is 2.70. The lowest BCUT2D eigenvalue weighted by atomic mass is 10.2. The lowest BCUT2D eigenvalue weighted by Crippen LogP contribution is -2.44. The SMILES string of the molecule is CC(NC(=O)c1cc(N)cn1C(C)C)C(=O)N(C)C. The molecule has 19 heavy (non-hydrogen) atoms. The monoisotopic (exact) mass is 266 g/mol. The summed E-state index contributed by atoms with van der Waals surface area (Å²) in [5.41, 5.74) is 6.71. The average molecular weight is 266 g/mol. The van der Waals surface area contributed by atoms with E-state index in [2.05, 4.69) is 5.32 Å². The Hall–Kier alpha value is -1.98. The molecule has 0 bridgehead atoms. The van der Waals surface area contributed by atoms with Gasteiger partial charge in [-0.25, -0.2) is 0 Å². The highest BCUT2D eigenvalue weighted by molar-refractivity contribution is 5.97. The minimum atomic E-state index is -0.570. The number of hydrogen-bond donors (Lipinski definition) is 2. The summed E-state index contributed by atoms with van der Waals surface area (Å²) in [4.78, 5) is 25.3. The van der Waals surface area contributed by atoms with Crippen LogP contribution in [0.2, 0.25) is 0 Å². The van der Waals surface area contributed by atoms with E-state index in [1.807, 2.05) is 13.8 Å². The molecule has 1 rings (SSSR count). The van der Waals surface area contributed by atoms with Crippen molar-refractivity contribution in [1.29, 1.82) is 0 Å². The molecular formula is C13H22N4O2. The second-order valence-electron chi connectivity index (χ2n) is 5.09. The van der Waals surface area contributed by atoms with Gasteiger partial charge >= 0.3 is 0 Å². The maximum Gasteiger partial charge on any atom is 0.268 e. The summed E-state index contributed by atoms with van der Waals surface area (Å²) in [6.45, 7) is 5.58. The Kier molecular flexibility index (Phi) is 4.58. The summed E-state index contributed by atoms with van der Waals surface area (Å²) in [7, 11) is 3.31. The summed E-state index contributed by atoms with van der Waals surface area (Å²) < 4.78 is 1.79. The molecule has 0 aliphatic carbocycles. The van der Waals surface area contributed by atoms with Crippen LogP contribution >= 0.6 is 0 Å². The standard InChI is InChI=1S/C13H22N4O2/c1-8(2)17-7-10(14)6-11(17)12(18)15-9(3)13(19)16(4)5/h6-9H,14H2,1-5H3,(H,15,18). The molecule has 0 aliphatic heterocycles. The van der Waals surface area contributed by atoms with Gasteiger partial charge in [0.25, 0.3) is 5.91 Å². The number of anilines is 1. The third-order valence-electron chi connectivity index (χ3n) is 2.82. The van der Waals surface area contributed by atoms with Gasteiger partial charge in [-0.3, -0.25) is 9.59 Å². The Morgan fingerprint density at radius 2 is 1.89 bits per heavy atom. The Labute approximate surface area is 113 Å². The lowest BCUT2D eigenvalue weighted by Gasteiger charge is -2.19. The van der Waals surface area contributed by atoms with Gasteiger partial charge < -0.3 is 20.5 Å². The highest BCUT2D eigenvalue weighted by Crippen LogP contribution is 2.16. The summed E-state index contributed by atoms with van der Waals surface area (Å²) >= 11 is 0. The molecular weight excluding hydrogens is 244 g/mol. The van der Waals surface area contributed by atoms with Crippen LogP contribution in [0.5, 0.6) is 0 Å². The summed E-state index contributed by atoms with van der Waals surface area (Å²) in [5, 5.41) is 2.68. The molecule has 6 nitrogen and oxygen atoms in total.